The Balaban J connectivity index is 2.17. The second-order valence-electron chi connectivity index (χ2n) is 7.08. The van der Waals surface area contributed by atoms with Crippen molar-refractivity contribution in [1.82, 2.24) is 15.2 Å². The van der Waals surface area contributed by atoms with Crippen LogP contribution in [0.25, 0.3) is 0 Å². The number of hydrogen-bond acceptors (Lipinski definition) is 6. The molecule has 1 aromatic carbocycles. The number of ether oxygens (including phenoxy) is 2. The number of nitrogens with zero attached hydrogens (tertiary/aromatic N) is 2. The van der Waals surface area contributed by atoms with Crippen LogP contribution >= 0.6 is 0 Å². The molecule has 3 amide bonds. The largest absolute Gasteiger partial charge is 0.383 e. The van der Waals surface area contributed by atoms with Crippen molar-refractivity contribution < 1.29 is 28.2 Å². The van der Waals surface area contributed by atoms with Crippen molar-refractivity contribution in [2.24, 2.45) is 0 Å². The van der Waals surface area contributed by atoms with E-state index in [-0.39, 0.29) is 38.4 Å². The number of hydrogen-bond donors (Lipinski definition) is 2. The first-order valence-electron chi connectivity index (χ1n) is 10.5. The van der Waals surface area contributed by atoms with E-state index in [1.807, 2.05) is 0 Å². The summed E-state index contributed by atoms with van der Waals surface area (Å²) in [5.74, 6) is -1.32. The van der Waals surface area contributed by atoms with Crippen LogP contribution in [0, 0.1) is 5.82 Å². The van der Waals surface area contributed by atoms with E-state index in [9.17, 15) is 18.8 Å². The van der Waals surface area contributed by atoms with Gasteiger partial charge in [0, 0.05) is 46.3 Å². The summed E-state index contributed by atoms with van der Waals surface area (Å²) in [4.78, 5) is 43.7. The summed E-state index contributed by atoms with van der Waals surface area (Å²) >= 11 is 0. The number of anilines is 1. The number of aromatic nitrogens is 1. The third-order valence-corrected chi connectivity index (χ3v) is 4.71. The Kier molecular flexibility index (Phi) is 10.9. The van der Waals surface area contributed by atoms with Gasteiger partial charge in [0.25, 0.3) is 0 Å². The molecule has 10 heteroatoms. The second kappa shape index (κ2) is 13.9. The predicted molar refractivity (Wildman–Crippen MR) is 120 cm³/mol. The van der Waals surface area contributed by atoms with Gasteiger partial charge in [0.15, 0.2) is 0 Å². The highest BCUT2D eigenvalue weighted by molar-refractivity contribution is 5.94. The van der Waals surface area contributed by atoms with Crippen molar-refractivity contribution in [2.75, 3.05) is 45.8 Å². The van der Waals surface area contributed by atoms with Gasteiger partial charge in [0.2, 0.25) is 17.7 Å². The van der Waals surface area contributed by atoms with E-state index in [1.165, 1.54) is 43.4 Å². The first kappa shape index (κ1) is 25.9. The fourth-order valence-corrected chi connectivity index (χ4v) is 3.08. The summed E-state index contributed by atoms with van der Waals surface area (Å²) in [5, 5.41) is 5.35. The number of methoxy groups -OCH3 is 2. The van der Waals surface area contributed by atoms with Crippen LogP contribution in [0.5, 0.6) is 0 Å². The summed E-state index contributed by atoms with van der Waals surface area (Å²) < 4.78 is 23.6. The van der Waals surface area contributed by atoms with E-state index in [2.05, 4.69) is 15.6 Å². The molecule has 2 aromatic rings. The minimum Gasteiger partial charge on any atom is -0.383 e. The topological polar surface area (TPSA) is 110 Å². The van der Waals surface area contributed by atoms with Crippen molar-refractivity contribution in [3.05, 3.63) is 60.0 Å². The second-order valence-corrected chi connectivity index (χ2v) is 7.08. The molecule has 0 aliphatic rings. The average molecular weight is 461 g/mol. The standard InChI is InChI=1S/C23H29FN4O5/c1-32-15-13-26-23(31)22(17-6-8-18(24)9-7-17)28(14-16-33-2)21(30)11-10-20(29)27-19-5-3-4-12-25-19/h3-9,12,22H,10-11,13-16H2,1-2H3,(H,26,31)(H,25,27,29)/t22-/m1/s1. The molecule has 1 heterocycles. The average Bonchev–Trinajstić information content (AvgIpc) is 2.82. The minimum absolute atomic E-state index is 0.0969. The maximum Gasteiger partial charge on any atom is 0.247 e. The van der Waals surface area contributed by atoms with Crippen molar-refractivity contribution in [3.63, 3.8) is 0 Å². The first-order chi connectivity index (χ1) is 16.0. The highest BCUT2D eigenvalue weighted by Gasteiger charge is 2.31. The molecule has 1 aromatic heterocycles. The Hall–Kier alpha value is -3.37. The zero-order valence-electron chi connectivity index (χ0n) is 18.8. The maximum atomic E-state index is 13.5. The third-order valence-electron chi connectivity index (χ3n) is 4.71. The highest BCUT2D eigenvalue weighted by Crippen LogP contribution is 2.23. The van der Waals surface area contributed by atoms with Crippen LogP contribution in [0.4, 0.5) is 10.2 Å². The van der Waals surface area contributed by atoms with Crippen LogP contribution in [0.1, 0.15) is 24.4 Å². The smallest absolute Gasteiger partial charge is 0.247 e. The Labute approximate surface area is 192 Å². The molecule has 0 radical (unpaired) electrons. The molecule has 2 N–H and O–H groups in total. The Morgan fingerprint density at radius 1 is 1.03 bits per heavy atom. The fraction of sp³-hybridized carbons (Fsp3) is 0.391. The van der Waals surface area contributed by atoms with Gasteiger partial charge in [-0.3, -0.25) is 14.4 Å². The monoisotopic (exact) mass is 460 g/mol. The molecule has 2 rings (SSSR count). The molecule has 178 valence electrons. The van der Waals surface area contributed by atoms with Gasteiger partial charge in [-0.15, -0.1) is 0 Å². The lowest BCUT2D eigenvalue weighted by molar-refractivity contribution is -0.142. The molecule has 0 unspecified atom stereocenters. The molecule has 0 aliphatic heterocycles. The molecule has 9 nitrogen and oxygen atoms in total. The van der Waals surface area contributed by atoms with Crippen LogP contribution in [0.3, 0.4) is 0 Å². The van der Waals surface area contributed by atoms with Gasteiger partial charge in [-0.1, -0.05) is 18.2 Å². The molecule has 0 saturated heterocycles. The summed E-state index contributed by atoms with van der Waals surface area (Å²) in [6, 6.07) is 9.43. The van der Waals surface area contributed by atoms with Crippen LogP contribution < -0.4 is 10.6 Å². The molecular formula is C23H29FN4O5. The lowest BCUT2D eigenvalue weighted by Crippen LogP contribution is -2.45. The number of carbonyl (C=O) groups excluding carboxylic acids is 3. The highest BCUT2D eigenvalue weighted by atomic mass is 19.1. The van der Waals surface area contributed by atoms with Gasteiger partial charge in [-0.05, 0) is 29.8 Å². The molecule has 0 saturated carbocycles. The number of carbonyl (C=O) groups is 3. The van der Waals surface area contributed by atoms with E-state index in [0.717, 1.165) is 0 Å². The van der Waals surface area contributed by atoms with Gasteiger partial charge >= 0.3 is 0 Å². The maximum absolute atomic E-state index is 13.5. The Morgan fingerprint density at radius 3 is 2.39 bits per heavy atom. The number of amides is 3. The van der Waals surface area contributed by atoms with E-state index < -0.39 is 23.7 Å². The zero-order chi connectivity index (χ0) is 24.1. The molecule has 0 bridgehead atoms. The van der Waals surface area contributed by atoms with Gasteiger partial charge in [-0.2, -0.15) is 0 Å². The number of rotatable bonds is 13. The van der Waals surface area contributed by atoms with E-state index >= 15 is 0 Å². The number of nitrogens with one attached hydrogen (secondary N) is 2. The predicted octanol–water partition coefficient (Wildman–Crippen LogP) is 1.92. The van der Waals surface area contributed by atoms with Crippen LogP contribution in [0.2, 0.25) is 0 Å². The SMILES string of the molecule is COCCNC(=O)[C@@H](c1ccc(F)cc1)N(CCOC)C(=O)CCC(=O)Nc1ccccn1. The van der Waals surface area contributed by atoms with Gasteiger partial charge < -0.3 is 25.0 Å². The molecule has 1 atom stereocenters. The van der Waals surface area contributed by atoms with Crippen LogP contribution in [-0.2, 0) is 23.9 Å². The summed E-state index contributed by atoms with van der Waals surface area (Å²) in [5.41, 5.74) is 0.439. The van der Waals surface area contributed by atoms with E-state index in [1.54, 1.807) is 24.4 Å². The molecule has 0 aliphatic carbocycles. The number of pyridine rings is 1. The minimum atomic E-state index is -1.02. The fourth-order valence-electron chi connectivity index (χ4n) is 3.08. The van der Waals surface area contributed by atoms with Crippen molar-refractivity contribution in [1.29, 1.82) is 0 Å². The molecule has 0 spiro atoms. The Bertz CT molecular complexity index is 895. The van der Waals surface area contributed by atoms with Crippen molar-refractivity contribution in [3.8, 4) is 0 Å². The van der Waals surface area contributed by atoms with Crippen molar-refractivity contribution >= 4 is 23.5 Å². The van der Waals surface area contributed by atoms with Gasteiger partial charge in [0.05, 0.1) is 13.2 Å². The lowest BCUT2D eigenvalue weighted by atomic mass is 10.0. The van der Waals surface area contributed by atoms with Gasteiger partial charge in [-0.25, -0.2) is 9.37 Å². The normalized spacial score (nSPS) is 11.5. The molecule has 33 heavy (non-hydrogen) atoms. The lowest BCUT2D eigenvalue weighted by Gasteiger charge is -2.31. The Morgan fingerprint density at radius 2 is 1.76 bits per heavy atom. The summed E-state index contributed by atoms with van der Waals surface area (Å²) in [7, 11) is 2.99. The van der Waals surface area contributed by atoms with Gasteiger partial charge in [0.1, 0.15) is 17.7 Å². The van der Waals surface area contributed by atoms with E-state index in [4.69, 9.17) is 9.47 Å². The quantitative estimate of drug-likeness (QED) is 0.442. The van der Waals surface area contributed by atoms with E-state index in [0.29, 0.717) is 18.0 Å². The van der Waals surface area contributed by atoms with Crippen LogP contribution in [-0.4, -0.2) is 68.1 Å². The summed E-state index contributed by atoms with van der Waals surface area (Å²) in [6.45, 7) is 0.819. The number of halogens is 1. The molecule has 0 fully saturated rings. The zero-order valence-corrected chi connectivity index (χ0v) is 18.8. The molecular weight excluding hydrogens is 431 g/mol. The first-order valence-corrected chi connectivity index (χ1v) is 10.5. The third kappa shape index (κ3) is 8.59. The van der Waals surface area contributed by atoms with Crippen LogP contribution in [0.15, 0.2) is 48.7 Å². The number of benzene rings is 1. The summed E-state index contributed by atoms with van der Waals surface area (Å²) in [6.07, 6.45) is 1.31. The van der Waals surface area contributed by atoms with Crippen molar-refractivity contribution in [2.45, 2.75) is 18.9 Å².